The van der Waals surface area contributed by atoms with E-state index in [1.165, 1.54) is 24.1 Å². The number of nitrogens with one attached hydrogen (secondary N) is 1. The van der Waals surface area contributed by atoms with Gasteiger partial charge in [0.25, 0.3) is 0 Å². The number of hydrogen-bond donors (Lipinski definition) is 2. The van der Waals surface area contributed by atoms with Gasteiger partial charge in [-0.15, -0.1) is 0 Å². The molecule has 0 radical (unpaired) electrons. The molecular formula is C13H19BrN2O. The van der Waals surface area contributed by atoms with Crippen molar-refractivity contribution in [1.82, 2.24) is 5.32 Å². The van der Waals surface area contributed by atoms with Gasteiger partial charge >= 0.3 is 0 Å². The summed E-state index contributed by atoms with van der Waals surface area (Å²) in [4.78, 5) is 2.30. The van der Waals surface area contributed by atoms with Crippen LogP contribution in [0.4, 0.5) is 5.69 Å². The minimum atomic E-state index is 0.210. The summed E-state index contributed by atoms with van der Waals surface area (Å²) in [5.74, 6) is 0. The second-order valence-corrected chi connectivity index (χ2v) is 5.32. The zero-order chi connectivity index (χ0) is 12.3. The standard InChI is InChI=1S/C13H19BrN2O/c1-15-9-10-2-5-13(12(14)8-10)16(6-7-17)11-3-4-11/h2,5,8,11,15,17H,3-4,6-7,9H2,1H3. The van der Waals surface area contributed by atoms with Gasteiger partial charge in [0.1, 0.15) is 0 Å². The van der Waals surface area contributed by atoms with Crippen LogP contribution < -0.4 is 10.2 Å². The molecule has 3 nitrogen and oxygen atoms in total. The third kappa shape index (κ3) is 3.21. The van der Waals surface area contributed by atoms with Gasteiger partial charge in [-0.05, 0) is 53.5 Å². The molecule has 0 saturated heterocycles. The van der Waals surface area contributed by atoms with E-state index in [1.54, 1.807) is 0 Å². The number of anilines is 1. The number of benzene rings is 1. The molecule has 2 N–H and O–H groups in total. The normalized spacial score (nSPS) is 15.0. The zero-order valence-corrected chi connectivity index (χ0v) is 11.7. The van der Waals surface area contributed by atoms with Crippen molar-refractivity contribution in [3.63, 3.8) is 0 Å². The largest absolute Gasteiger partial charge is 0.395 e. The van der Waals surface area contributed by atoms with E-state index in [0.717, 1.165) is 11.0 Å². The molecule has 17 heavy (non-hydrogen) atoms. The van der Waals surface area contributed by atoms with Crippen molar-refractivity contribution >= 4 is 21.6 Å². The molecule has 4 heteroatoms. The SMILES string of the molecule is CNCc1ccc(N(CCO)C2CC2)c(Br)c1. The maximum absolute atomic E-state index is 9.14. The van der Waals surface area contributed by atoms with Crippen LogP contribution >= 0.6 is 15.9 Å². The third-order valence-electron chi connectivity index (χ3n) is 3.03. The molecule has 0 bridgehead atoms. The molecule has 0 spiro atoms. The van der Waals surface area contributed by atoms with E-state index >= 15 is 0 Å². The summed E-state index contributed by atoms with van der Waals surface area (Å²) < 4.78 is 1.12. The lowest BCUT2D eigenvalue weighted by Gasteiger charge is -2.25. The Kier molecular flexibility index (Phi) is 4.42. The fourth-order valence-corrected chi connectivity index (χ4v) is 2.75. The third-order valence-corrected chi connectivity index (χ3v) is 3.67. The lowest BCUT2D eigenvalue weighted by molar-refractivity contribution is 0.301. The summed E-state index contributed by atoms with van der Waals surface area (Å²) in [6, 6.07) is 7.06. The maximum Gasteiger partial charge on any atom is 0.0606 e. The molecule has 94 valence electrons. The van der Waals surface area contributed by atoms with Crippen LogP contribution in [-0.4, -0.2) is 31.3 Å². The highest BCUT2D eigenvalue weighted by atomic mass is 79.9. The number of aliphatic hydroxyl groups excluding tert-OH is 1. The summed E-state index contributed by atoms with van der Waals surface area (Å²) >= 11 is 3.63. The molecule has 0 unspecified atom stereocenters. The van der Waals surface area contributed by atoms with Gasteiger partial charge in [0.15, 0.2) is 0 Å². The highest BCUT2D eigenvalue weighted by molar-refractivity contribution is 9.10. The Labute approximate surface area is 111 Å². The first kappa shape index (κ1) is 12.9. The van der Waals surface area contributed by atoms with E-state index in [-0.39, 0.29) is 6.61 Å². The van der Waals surface area contributed by atoms with Crippen LogP contribution in [0.25, 0.3) is 0 Å². The topological polar surface area (TPSA) is 35.5 Å². The van der Waals surface area contributed by atoms with Gasteiger partial charge in [0.2, 0.25) is 0 Å². The molecule has 1 aromatic carbocycles. The first-order chi connectivity index (χ1) is 8.26. The number of rotatable bonds is 6. The van der Waals surface area contributed by atoms with Crippen LogP contribution in [0.15, 0.2) is 22.7 Å². The Hall–Kier alpha value is -0.580. The predicted molar refractivity (Wildman–Crippen MR) is 74.4 cm³/mol. The average molecular weight is 299 g/mol. The number of halogens is 1. The molecule has 1 aliphatic carbocycles. The summed E-state index contributed by atoms with van der Waals surface area (Å²) in [5, 5.41) is 12.3. The average Bonchev–Trinajstić information content (AvgIpc) is 3.11. The van der Waals surface area contributed by atoms with Crippen molar-refractivity contribution in [3.8, 4) is 0 Å². The van der Waals surface area contributed by atoms with Crippen LogP contribution in [0.1, 0.15) is 18.4 Å². The maximum atomic E-state index is 9.14. The Morgan fingerprint density at radius 2 is 2.24 bits per heavy atom. The van der Waals surface area contributed by atoms with Gasteiger partial charge in [-0.1, -0.05) is 6.07 Å². The van der Waals surface area contributed by atoms with Gasteiger partial charge in [-0.3, -0.25) is 0 Å². The molecule has 1 saturated carbocycles. The van der Waals surface area contributed by atoms with Gasteiger partial charge in [-0.2, -0.15) is 0 Å². The van der Waals surface area contributed by atoms with Crippen molar-refractivity contribution in [2.75, 3.05) is 25.1 Å². The predicted octanol–water partition coefficient (Wildman–Crippen LogP) is 2.13. The Morgan fingerprint density at radius 1 is 1.47 bits per heavy atom. The van der Waals surface area contributed by atoms with Crippen LogP contribution in [0.3, 0.4) is 0 Å². The molecule has 0 aromatic heterocycles. The molecule has 2 rings (SSSR count). The number of nitrogens with zero attached hydrogens (tertiary/aromatic N) is 1. The minimum Gasteiger partial charge on any atom is -0.395 e. The van der Waals surface area contributed by atoms with E-state index in [0.29, 0.717) is 12.6 Å². The molecule has 0 amide bonds. The summed E-state index contributed by atoms with van der Waals surface area (Å²) in [6.45, 7) is 1.80. The van der Waals surface area contributed by atoms with E-state index < -0.39 is 0 Å². The Balaban J connectivity index is 2.18. The van der Waals surface area contributed by atoms with Crippen molar-refractivity contribution < 1.29 is 5.11 Å². The summed E-state index contributed by atoms with van der Waals surface area (Å²) in [7, 11) is 1.95. The minimum absolute atomic E-state index is 0.210. The molecule has 1 fully saturated rings. The smallest absolute Gasteiger partial charge is 0.0606 e. The summed E-state index contributed by atoms with van der Waals surface area (Å²) in [5.41, 5.74) is 2.46. The fourth-order valence-electron chi connectivity index (χ4n) is 2.09. The van der Waals surface area contributed by atoms with E-state index in [1.807, 2.05) is 7.05 Å². The van der Waals surface area contributed by atoms with Crippen molar-refractivity contribution in [3.05, 3.63) is 28.2 Å². The second kappa shape index (κ2) is 5.85. The number of hydrogen-bond acceptors (Lipinski definition) is 3. The fraction of sp³-hybridized carbons (Fsp3) is 0.538. The number of aliphatic hydroxyl groups is 1. The first-order valence-corrected chi connectivity index (χ1v) is 6.86. The lowest BCUT2D eigenvalue weighted by Crippen LogP contribution is -2.29. The van der Waals surface area contributed by atoms with E-state index in [4.69, 9.17) is 5.11 Å². The van der Waals surface area contributed by atoms with E-state index in [9.17, 15) is 0 Å². The van der Waals surface area contributed by atoms with Crippen LogP contribution in [0.2, 0.25) is 0 Å². The van der Waals surface area contributed by atoms with Crippen molar-refractivity contribution in [2.24, 2.45) is 0 Å². The Morgan fingerprint density at radius 3 is 2.76 bits per heavy atom. The lowest BCUT2D eigenvalue weighted by atomic mass is 10.2. The molecule has 0 atom stereocenters. The molecule has 1 aliphatic rings. The van der Waals surface area contributed by atoms with Gasteiger partial charge in [0.05, 0.1) is 12.3 Å². The van der Waals surface area contributed by atoms with Crippen LogP contribution in [-0.2, 0) is 6.54 Å². The quantitative estimate of drug-likeness (QED) is 0.845. The second-order valence-electron chi connectivity index (χ2n) is 4.46. The first-order valence-electron chi connectivity index (χ1n) is 6.06. The molecule has 0 heterocycles. The molecule has 0 aliphatic heterocycles. The van der Waals surface area contributed by atoms with Crippen LogP contribution in [0.5, 0.6) is 0 Å². The van der Waals surface area contributed by atoms with Crippen LogP contribution in [0, 0.1) is 0 Å². The highest BCUT2D eigenvalue weighted by Gasteiger charge is 2.29. The molecular weight excluding hydrogens is 280 g/mol. The molecule has 1 aromatic rings. The van der Waals surface area contributed by atoms with Gasteiger partial charge in [0, 0.05) is 23.6 Å². The van der Waals surface area contributed by atoms with Crippen molar-refractivity contribution in [1.29, 1.82) is 0 Å². The highest BCUT2D eigenvalue weighted by Crippen LogP contribution is 2.35. The monoisotopic (exact) mass is 298 g/mol. The Bertz CT molecular complexity index is 380. The van der Waals surface area contributed by atoms with Gasteiger partial charge < -0.3 is 15.3 Å². The zero-order valence-electron chi connectivity index (χ0n) is 10.1. The summed E-state index contributed by atoms with van der Waals surface area (Å²) in [6.07, 6.45) is 2.48. The van der Waals surface area contributed by atoms with Crippen molar-refractivity contribution in [2.45, 2.75) is 25.4 Å². The van der Waals surface area contributed by atoms with Gasteiger partial charge in [-0.25, -0.2) is 0 Å². The van der Waals surface area contributed by atoms with E-state index in [2.05, 4.69) is 44.3 Å².